The molecule has 1 fully saturated rings. The van der Waals surface area contributed by atoms with Gasteiger partial charge in [-0.1, -0.05) is 6.07 Å². The topological polar surface area (TPSA) is 91.8 Å². The van der Waals surface area contributed by atoms with E-state index < -0.39 is 17.7 Å². The maximum absolute atomic E-state index is 12.9. The second-order valence-electron chi connectivity index (χ2n) is 8.63. The summed E-state index contributed by atoms with van der Waals surface area (Å²) in [4.78, 5) is 45.1. The van der Waals surface area contributed by atoms with Crippen molar-refractivity contribution in [3.63, 3.8) is 0 Å². The van der Waals surface area contributed by atoms with E-state index in [-0.39, 0.29) is 37.2 Å². The third-order valence-electron chi connectivity index (χ3n) is 4.40. The Balaban J connectivity index is 2.11. The Morgan fingerprint density at radius 2 is 2.00 bits per heavy atom. The molecule has 1 unspecified atom stereocenters. The lowest BCUT2D eigenvalue weighted by molar-refractivity contribution is -0.137. The average molecular weight is 405 g/mol. The number of rotatable bonds is 5. The van der Waals surface area contributed by atoms with Crippen molar-refractivity contribution in [2.24, 2.45) is 0 Å². The van der Waals surface area contributed by atoms with E-state index in [9.17, 15) is 14.4 Å². The molecule has 0 saturated carbocycles. The van der Waals surface area contributed by atoms with Crippen LogP contribution < -0.4 is 5.32 Å². The Morgan fingerprint density at radius 1 is 1.28 bits per heavy atom. The number of piperazine rings is 1. The van der Waals surface area contributed by atoms with Crippen LogP contribution in [0.1, 0.15) is 46.6 Å². The molecule has 0 aliphatic carbocycles. The first kappa shape index (κ1) is 22.6. The minimum absolute atomic E-state index is 0.00703. The predicted molar refractivity (Wildman–Crippen MR) is 109 cm³/mol. The summed E-state index contributed by atoms with van der Waals surface area (Å²) in [5, 5.41) is 2.86. The highest BCUT2D eigenvalue weighted by atomic mass is 16.6. The van der Waals surface area contributed by atoms with Gasteiger partial charge in [-0.3, -0.25) is 14.6 Å². The fourth-order valence-corrected chi connectivity index (χ4v) is 3.22. The smallest absolute Gasteiger partial charge is 0.410 e. The Morgan fingerprint density at radius 3 is 2.59 bits per heavy atom. The second kappa shape index (κ2) is 9.71. The summed E-state index contributed by atoms with van der Waals surface area (Å²) < 4.78 is 5.46. The van der Waals surface area contributed by atoms with E-state index in [1.807, 2.05) is 40.7 Å². The van der Waals surface area contributed by atoms with Crippen molar-refractivity contribution in [2.45, 2.75) is 65.1 Å². The van der Waals surface area contributed by atoms with Gasteiger partial charge in [-0.2, -0.15) is 0 Å². The van der Waals surface area contributed by atoms with Gasteiger partial charge in [-0.15, -0.1) is 0 Å². The van der Waals surface area contributed by atoms with Crippen LogP contribution >= 0.6 is 0 Å². The number of carbonyl (C=O) groups is 3. The predicted octanol–water partition coefficient (Wildman–Crippen LogP) is 1.99. The number of carbonyl (C=O) groups excluding carboxylic acids is 3. The maximum Gasteiger partial charge on any atom is 0.410 e. The molecular weight excluding hydrogens is 372 g/mol. The fourth-order valence-electron chi connectivity index (χ4n) is 3.22. The SMILES string of the molecule is CC(C)NC(=O)CC1CN(C(=O)OC(C)(C)C)CCN1C(=O)Cc1cccnc1. The van der Waals surface area contributed by atoms with Gasteiger partial charge in [0.15, 0.2) is 0 Å². The second-order valence-corrected chi connectivity index (χ2v) is 8.63. The molecule has 29 heavy (non-hydrogen) atoms. The monoisotopic (exact) mass is 404 g/mol. The zero-order valence-corrected chi connectivity index (χ0v) is 18.0. The van der Waals surface area contributed by atoms with Crippen LogP contribution in [0.15, 0.2) is 24.5 Å². The number of ether oxygens (including phenoxy) is 1. The third-order valence-corrected chi connectivity index (χ3v) is 4.40. The van der Waals surface area contributed by atoms with Crippen LogP contribution in [0.25, 0.3) is 0 Å². The van der Waals surface area contributed by atoms with Crippen LogP contribution in [0.5, 0.6) is 0 Å². The number of nitrogens with zero attached hydrogens (tertiary/aromatic N) is 3. The largest absolute Gasteiger partial charge is 0.444 e. The van der Waals surface area contributed by atoms with Crippen molar-refractivity contribution in [1.82, 2.24) is 20.1 Å². The molecule has 2 heterocycles. The average Bonchev–Trinajstić information content (AvgIpc) is 2.60. The number of hydrogen-bond acceptors (Lipinski definition) is 5. The first-order valence-electron chi connectivity index (χ1n) is 10.0. The Labute approximate surface area is 172 Å². The molecule has 8 nitrogen and oxygen atoms in total. The van der Waals surface area contributed by atoms with E-state index in [0.29, 0.717) is 13.1 Å². The molecule has 1 atom stereocenters. The summed E-state index contributed by atoms with van der Waals surface area (Å²) in [6, 6.07) is 3.24. The zero-order valence-electron chi connectivity index (χ0n) is 18.0. The Kier molecular flexibility index (Phi) is 7.59. The molecule has 1 saturated heterocycles. The van der Waals surface area contributed by atoms with Crippen molar-refractivity contribution >= 4 is 17.9 Å². The van der Waals surface area contributed by atoms with E-state index in [0.717, 1.165) is 5.56 Å². The number of nitrogens with one attached hydrogen (secondary N) is 1. The van der Waals surface area contributed by atoms with Crippen molar-refractivity contribution in [2.75, 3.05) is 19.6 Å². The molecule has 1 aromatic rings. The van der Waals surface area contributed by atoms with Gasteiger partial charge in [0.1, 0.15) is 5.60 Å². The third kappa shape index (κ3) is 7.36. The first-order valence-corrected chi connectivity index (χ1v) is 10.0. The summed E-state index contributed by atoms with van der Waals surface area (Å²) in [6.07, 6.45) is 3.24. The molecule has 1 aliphatic rings. The van der Waals surface area contributed by atoms with E-state index in [2.05, 4.69) is 10.3 Å². The summed E-state index contributed by atoms with van der Waals surface area (Å²) in [5.74, 6) is -0.223. The van der Waals surface area contributed by atoms with Crippen LogP contribution in [0.3, 0.4) is 0 Å². The highest BCUT2D eigenvalue weighted by molar-refractivity contribution is 5.82. The molecule has 0 radical (unpaired) electrons. The lowest BCUT2D eigenvalue weighted by Crippen LogP contribution is -2.58. The van der Waals surface area contributed by atoms with Crippen LogP contribution in [0.2, 0.25) is 0 Å². The molecule has 2 rings (SSSR count). The van der Waals surface area contributed by atoms with Gasteiger partial charge >= 0.3 is 6.09 Å². The number of aromatic nitrogens is 1. The van der Waals surface area contributed by atoms with E-state index in [1.54, 1.807) is 28.3 Å². The molecule has 0 bridgehead atoms. The lowest BCUT2D eigenvalue weighted by Gasteiger charge is -2.41. The standard InChI is InChI=1S/C21H32N4O4/c1-15(2)23-18(26)12-17-14-24(20(28)29-21(3,4)5)9-10-25(17)19(27)11-16-7-6-8-22-13-16/h6-8,13,15,17H,9-12,14H2,1-5H3,(H,23,26). The van der Waals surface area contributed by atoms with Gasteiger partial charge in [-0.05, 0) is 46.2 Å². The number of amides is 3. The fraction of sp³-hybridized carbons (Fsp3) is 0.619. The lowest BCUT2D eigenvalue weighted by atomic mass is 10.1. The Hall–Kier alpha value is -2.64. The van der Waals surface area contributed by atoms with E-state index in [1.165, 1.54) is 0 Å². The highest BCUT2D eigenvalue weighted by Crippen LogP contribution is 2.18. The van der Waals surface area contributed by atoms with Gasteiger partial charge in [-0.25, -0.2) is 4.79 Å². The normalized spacial score (nSPS) is 17.2. The molecule has 1 N–H and O–H groups in total. The summed E-state index contributed by atoms with van der Waals surface area (Å²) in [7, 11) is 0. The minimum Gasteiger partial charge on any atom is -0.444 e. The molecule has 8 heteroatoms. The minimum atomic E-state index is -0.602. The molecule has 0 spiro atoms. The van der Waals surface area contributed by atoms with Gasteiger partial charge in [0.2, 0.25) is 11.8 Å². The van der Waals surface area contributed by atoms with Crippen molar-refractivity contribution in [1.29, 1.82) is 0 Å². The molecular formula is C21H32N4O4. The van der Waals surface area contributed by atoms with E-state index in [4.69, 9.17) is 4.74 Å². The van der Waals surface area contributed by atoms with Crippen molar-refractivity contribution in [3.05, 3.63) is 30.1 Å². The molecule has 1 aliphatic heterocycles. The summed E-state index contributed by atoms with van der Waals surface area (Å²) >= 11 is 0. The summed E-state index contributed by atoms with van der Waals surface area (Å²) in [5.41, 5.74) is 0.215. The van der Waals surface area contributed by atoms with Gasteiger partial charge in [0.25, 0.3) is 0 Å². The molecule has 0 aromatic carbocycles. The number of hydrogen-bond donors (Lipinski definition) is 1. The Bertz CT molecular complexity index is 715. The molecule has 1 aromatic heterocycles. The van der Waals surface area contributed by atoms with Crippen LogP contribution in [0, 0.1) is 0 Å². The summed E-state index contributed by atoms with van der Waals surface area (Å²) in [6.45, 7) is 10.2. The van der Waals surface area contributed by atoms with E-state index >= 15 is 0 Å². The van der Waals surface area contributed by atoms with Crippen LogP contribution in [-0.4, -0.2) is 70.0 Å². The quantitative estimate of drug-likeness (QED) is 0.810. The van der Waals surface area contributed by atoms with Crippen LogP contribution in [0.4, 0.5) is 4.79 Å². The zero-order chi connectivity index (χ0) is 21.6. The highest BCUT2D eigenvalue weighted by Gasteiger charge is 2.35. The van der Waals surface area contributed by atoms with Crippen molar-refractivity contribution in [3.8, 4) is 0 Å². The van der Waals surface area contributed by atoms with Gasteiger partial charge < -0.3 is 19.9 Å². The van der Waals surface area contributed by atoms with Gasteiger partial charge in [0.05, 0.1) is 12.5 Å². The van der Waals surface area contributed by atoms with Crippen molar-refractivity contribution < 1.29 is 19.1 Å². The van der Waals surface area contributed by atoms with Gasteiger partial charge in [0, 0.05) is 44.5 Å². The number of pyridine rings is 1. The molecule has 160 valence electrons. The molecule has 3 amide bonds. The maximum atomic E-state index is 12.9. The first-order chi connectivity index (χ1) is 13.5. The van der Waals surface area contributed by atoms with Crippen LogP contribution in [-0.2, 0) is 20.7 Å².